The third kappa shape index (κ3) is 37.3. The maximum absolute atomic E-state index is 13.6. The number of hydrogen-bond donors (Lipinski definition) is 0. The topological polar surface area (TPSA) is 135 Å². The lowest BCUT2D eigenvalue weighted by molar-refractivity contribution is -0.171. The van der Waals surface area contributed by atoms with Crippen LogP contribution in [0.3, 0.4) is 0 Å². The van der Waals surface area contributed by atoms with Crippen molar-refractivity contribution in [2.45, 2.75) is 234 Å². The first kappa shape index (κ1) is 60.3. The quantitative estimate of drug-likeness (QED) is 0.0328. The van der Waals surface area contributed by atoms with Gasteiger partial charge >= 0.3 is 29.8 Å². The number of rotatable bonds is 45. The second-order valence-electron chi connectivity index (χ2n) is 18.7. The van der Waals surface area contributed by atoms with Crippen LogP contribution in [-0.4, -0.2) is 88.4 Å². The Balaban J connectivity index is 5.99. The van der Waals surface area contributed by atoms with E-state index in [2.05, 4.69) is 34.6 Å². The summed E-state index contributed by atoms with van der Waals surface area (Å²) < 4.78 is 29.1. The Bertz CT molecular complexity index is 1080. The molecule has 11 nitrogen and oxygen atoms in total. The molecule has 0 aliphatic heterocycles. The molecular formula is C52H97NO10. The number of carbonyl (C=O) groups excluding carboxylic acids is 5. The molecule has 0 aromatic carbocycles. The van der Waals surface area contributed by atoms with Crippen LogP contribution in [0.25, 0.3) is 0 Å². The summed E-state index contributed by atoms with van der Waals surface area (Å²) in [6.45, 7) is 11.0. The van der Waals surface area contributed by atoms with Crippen molar-refractivity contribution < 1.29 is 47.7 Å². The highest BCUT2D eigenvalue weighted by Crippen LogP contribution is 2.27. The van der Waals surface area contributed by atoms with Crippen LogP contribution in [0.1, 0.15) is 234 Å². The van der Waals surface area contributed by atoms with Crippen molar-refractivity contribution in [3.8, 4) is 0 Å². The van der Waals surface area contributed by atoms with Gasteiger partial charge in [-0.25, -0.2) is 0 Å². The van der Waals surface area contributed by atoms with Crippen LogP contribution >= 0.6 is 0 Å². The molecule has 0 aliphatic rings. The average Bonchev–Trinajstić information content (AvgIpc) is 3.25. The van der Waals surface area contributed by atoms with Gasteiger partial charge in [0.05, 0.1) is 6.61 Å². The van der Waals surface area contributed by atoms with E-state index in [1.807, 2.05) is 19.0 Å². The molecule has 0 saturated heterocycles. The maximum atomic E-state index is 13.6. The summed E-state index contributed by atoms with van der Waals surface area (Å²) >= 11 is 0. The lowest BCUT2D eigenvalue weighted by Gasteiger charge is -2.32. The summed E-state index contributed by atoms with van der Waals surface area (Å²) in [7, 11) is 3.88. The van der Waals surface area contributed by atoms with Crippen LogP contribution in [0.15, 0.2) is 0 Å². The molecule has 0 atom stereocenters. The summed E-state index contributed by atoms with van der Waals surface area (Å²) in [5, 5.41) is 0. The normalized spacial score (nSPS) is 11.7. The molecule has 370 valence electrons. The summed E-state index contributed by atoms with van der Waals surface area (Å²) in [5.41, 5.74) is -1.31. The molecule has 0 unspecified atom stereocenters. The number of nitrogens with zero attached hydrogens (tertiary/aromatic N) is 1. The second-order valence-corrected chi connectivity index (χ2v) is 18.7. The van der Waals surface area contributed by atoms with E-state index >= 15 is 0 Å². The molecule has 0 amide bonds. The van der Waals surface area contributed by atoms with Gasteiger partial charge in [0.2, 0.25) is 0 Å². The Kier molecular flexibility index (Phi) is 40.2. The van der Waals surface area contributed by atoms with Crippen molar-refractivity contribution in [2.75, 3.05) is 53.7 Å². The molecule has 0 aromatic rings. The van der Waals surface area contributed by atoms with Crippen molar-refractivity contribution in [3.63, 3.8) is 0 Å². The van der Waals surface area contributed by atoms with E-state index in [4.69, 9.17) is 23.7 Å². The fourth-order valence-corrected chi connectivity index (χ4v) is 7.74. The minimum atomic E-state index is -1.31. The highest BCUT2D eigenvalue weighted by molar-refractivity contribution is 5.72. The molecule has 0 rings (SSSR count). The molecule has 0 aliphatic carbocycles. The zero-order valence-electron chi connectivity index (χ0n) is 41.8. The lowest BCUT2D eigenvalue weighted by atomic mass is 9.90. The predicted octanol–water partition coefficient (Wildman–Crippen LogP) is 12.7. The molecular weight excluding hydrogens is 799 g/mol. The fourth-order valence-electron chi connectivity index (χ4n) is 7.74. The Morgan fingerprint density at radius 1 is 0.381 bits per heavy atom. The molecule has 0 fully saturated rings. The molecule has 63 heavy (non-hydrogen) atoms. The monoisotopic (exact) mass is 896 g/mol. The van der Waals surface area contributed by atoms with Gasteiger partial charge in [-0.1, -0.05) is 150 Å². The van der Waals surface area contributed by atoms with E-state index in [1.54, 1.807) is 0 Å². The Labute approximate surface area is 385 Å². The maximum Gasteiger partial charge on any atom is 0.306 e. The van der Waals surface area contributed by atoms with E-state index in [0.29, 0.717) is 32.4 Å². The Hall–Kier alpha value is -2.69. The highest BCUT2D eigenvalue weighted by atomic mass is 16.6. The summed E-state index contributed by atoms with van der Waals surface area (Å²) in [4.78, 5) is 67.7. The molecule has 0 saturated carbocycles. The molecule has 0 spiro atoms. The fraction of sp³-hybridized carbons (Fsp3) is 0.904. The third-order valence-corrected chi connectivity index (χ3v) is 11.9. The van der Waals surface area contributed by atoms with Gasteiger partial charge in [0.1, 0.15) is 31.8 Å². The number of hydrogen-bond acceptors (Lipinski definition) is 11. The average molecular weight is 896 g/mol. The molecule has 11 heteroatoms. The summed E-state index contributed by atoms with van der Waals surface area (Å²) in [6, 6.07) is 0. The summed E-state index contributed by atoms with van der Waals surface area (Å²) in [6.07, 6.45) is 27.4. The zero-order chi connectivity index (χ0) is 46.8. The smallest absolute Gasteiger partial charge is 0.306 e. The number of ether oxygens (including phenoxy) is 5. The van der Waals surface area contributed by atoms with Gasteiger partial charge in [0, 0.05) is 32.1 Å². The van der Waals surface area contributed by atoms with E-state index in [9.17, 15) is 24.0 Å². The van der Waals surface area contributed by atoms with Crippen molar-refractivity contribution >= 4 is 29.8 Å². The molecule has 0 N–H and O–H groups in total. The molecule has 0 bridgehead atoms. The molecule has 0 aromatic heterocycles. The predicted molar refractivity (Wildman–Crippen MR) is 254 cm³/mol. The van der Waals surface area contributed by atoms with Crippen molar-refractivity contribution in [1.82, 2.24) is 4.90 Å². The van der Waals surface area contributed by atoms with Crippen LogP contribution in [0, 0.1) is 17.3 Å². The minimum absolute atomic E-state index is 0.0689. The minimum Gasteiger partial charge on any atom is -0.466 e. The summed E-state index contributed by atoms with van der Waals surface area (Å²) in [5.74, 6) is -1.51. The van der Waals surface area contributed by atoms with Gasteiger partial charge in [0.15, 0.2) is 0 Å². The van der Waals surface area contributed by atoms with Gasteiger partial charge in [-0.15, -0.1) is 0 Å². The first-order valence-electron chi connectivity index (χ1n) is 25.9. The number of esters is 5. The lowest BCUT2D eigenvalue weighted by Crippen LogP contribution is -2.44. The number of carbonyl (C=O) groups is 5. The second kappa shape index (κ2) is 42.0. The zero-order valence-corrected chi connectivity index (χ0v) is 41.8. The Morgan fingerprint density at radius 3 is 1.08 bits per heavy atom. The van der Waals surface area contributed by atoms with Crippen LogP contribution in [0.5, 0.6) is 0 Å². The highest BCUT2D eigenvalue weighted by Gasteiger charge is 2.38. The van der Waals surface area contributed by atoms with Crippen LogP contribution in [-0.2, 0) is 47.7 Å². The van der Waals surface area contributed by atoms with Crippen molar-refractivity contribution in [1.29, 1.82) is 0 Å². The SMILES string of the molecule is CCCCCCCCCOC(=O)CCCCC(=O)OCC(COC(=O)CCCN(C)C)(COC(=O)CC(CCCCC)CCCCC)COC(=O)CC(CCCCC)CCCCC. The van der Waals surface area contributed by atoms with Crippen molar-refractivity contribution in [3.05, 3.63) is 0 Å². The van der Waals surface area contributed by atoms with Gasteiger partial charge in [-0.2, -0.15) is 0 Å². The van der Waals surface area contributed by atoms with Gasteiger partial charge < -0.3 is 28.6 Å². The van der Waals surface area contributed by atoms with E-state index in [1.165, 1.54) is 25.7 Å². The van der Waals surface area contributed by atoms with Crippen LogP contribution < -0.4 is 0 Å². The van der Waals surface area contributed by atoms with Crippen LogP contribution in [0.2, 0.25) is 0 Å². The van der Waals surface area contributed by atoms with Gasteiger partial charge in [-0.3, -0.25) is 24.0 Å². The first-order chi connectivity index (χ1) is 30.4. The van der Waals surface area contributed by atoms with E-state index < -0.39 is 17.4 Å². The molecule has 0 radical (unpaired) electrons. The third-order valence-electron chi connectivity index (χ3n) is 11.9. The number of unbranched alkanes of at least 4 members (excludes halogenated alkanes) is 15. The van der Waals surface area contributed by atoms with Gasteiger partial charge in [-0.05, 0) is 83.8 Å². The van der Waals surface area contributed by atoms with E-state index in [0.717, 1.165) is 122 Å². The van der Waals surface area contributed by atoms with Crippen molar-refractivity contribution in [2.24, 2.45) is 17.3 Å². The largest absolute Gasteiger partial charge is 0.466 e. The van der Waals surface area contributed by atoms with Crippen LogP contribution in [0.4, 0.5) is 0 Å². The van der Waals surface area contributed by atoms with E-state index in [-0.39, 0.29) is 88.3 Å². The molecule has 0 heterocycles. The first-order valence-corrected chi connectivity index (χ1v) is 25.9. The standard InChI is InChI=1S/C52H97NO10/c1-8-13-18-19-20-21-28-38-59-47(54)34-26-27-35-48(55)60-41-52(42-61-49(56)36-29-37-53(6)7,43-62-50(57)39-45(30-22-14-9-2)31-23-15-10-3)44-63-51(58)40-46(32-24-16-11-4)33-25-17-12-5/h45-46H,8-44H2,1-7H3. The van der Waals surface area contributed by atoms with Gasteiger partial charge in [0.25, 0.3) is 0 Å². The Morgan fingerprint density at radius 2 is 0.698 bits per heavy atom.